The second-order valence-corrected chi connectivity index (χ2v) is 7.76. The minimum absolute atomic E-state index is 0.162. The Morgan fingerprint density at radius 2 is 1.77 bits per heavy atom. The lowest BCUT2D eigenvalue weighted by molar-refractivity contribution is -0.135. The number of primary amides is 1. The van der Waals surface area contributed by atoms with Crippen LogP contribution in [-0.2, 0) is 22.6 Å². The molecular weight excluding hydrogens is 370 g/mol. The van der Waals surface area contributed by atoms with Gasteiger partial charge in [-0.2, -0.15) is 5.26 Å². The standard InChI is InChI=1S/C18H21N3O3S2/c19-11-14(5-1-2-8-24-18(20)23)17(22)21(12-15-6-3-9-25-15)13-16-7-4-10-26-16/h3-4,6-7,9-10,14H,1-2,5,8,12-13H2,(H2,20,23). The zero-order valence-corrected chi connectivity index (χ0v) is 15.9. The Balaban J connectivity index is 1.95. The van der Waals surface area contributed by atoms with Crippen molar-refractivity contribution < 1.29 is 14.3 Å². The second-order valence-electron chi connectivity index (χ2n) is 5.70. The molecule has 0 aliphatic carbocycles. The van der Waals surface area contributed by atoms with Gasteiger partial charge >= 0.3 is 6.09 Å². The number of ether oxygens (including phenoxy) is 1. The number of unbranched alkanes of at least 4 members (excludes halogenated alkanes) is 1. The van der Waals surface area contributed by atoms with E-state index in [1.807, 2.05) is 35.0 Å². The van der Waals surface area contributed by atoms with Gasteiger partial charge in [0.15, 0.2) is 0 Å². The van der Waals surface area contributed by atoms with Gasteiger partial charge in [0.2, 0.25) is 5.91 Å². The minimum Gasteiger partial charge on any atom is -0.450 e. The van der Waals surface area contributed by atoms with E-state index in [9.17, 15) is 14.9 Å². The van der Waals surface area contributed by atoms with Crippen LogP contribution in [0.15, 0.2) is 35.0 Å². The lowest BCUT2D eigenvalue weighted by Crippen LogP contribution is -2.34. The summed E-state index contributed by atoms with van der Waals surface area (Å²) in [5.41, 5.74) is 4.91. The molecule has 2 amide bonds. The molecule has 1 unspecified atom stereocenters. The summed E-state index contributed by atoms with van der Waals surface area (Å²) in [6.07, 6.45) is 0.812. The van der Waals surface area contributed by atoms with E-state index < -0.39 is 12.0 Å². The van der Waals surface area contributed by atoms with Crippen molar-refractivity contribution in [2.75, 3.05) is 6.61 Å². The number of amides is 2. The van der Waals surface area contributed by atoms with Gasteiger partial charge in [-0.1, -0.05) is 12.1 Å². The molecular formula is C18H21N3O3S2. The van der Waals surface area contributed by atoms with E-state index >= 15 is 0 Å². The van der Waals surface area contributed by atoms with Crippen LogP contribution >= 0.6 is 22.7 Å². The van der Waals surface area contributed by atoms with Crippen LogP contribution in [0.25, 0.3) is 0 Å². The molecule has 0 saturated carbocycles. The summed E-state index contributed by atoms with van der Waals surface area (Å²) in [6, 6.07) is 10.0. The van der Waals surface area contributed by atoms with E-state index in [-0.39, 0.29) is 12.5 Å². The zero-order chi connectivity index (χ0) is 18.8. The van der Waals surface area contributed by atoms with E-state index in [0.29, 0.717) is 32.4 Å². The van der Waals surface area contributed by atoms with E-state index in [2.05, 4.69) is 10.8 Å². The Morgan fingerprint density at radius 3 is 2.23 bits per heavy atom. The summed E-state index contributed by atoms with van der Waals surface area (Å²) in [4.78, 5) is 27.4. The number of rotatable bonds is 10. The molecule has 8 heteroatoms. The van der Waals surface area contributed by atoms with Crippen molar-refractivity contribution in [1.29, 1.82) is 5.26 Å². The number of hydrogen-bond donors (Lipinski definition) is 1. The molecule has 0 fully saturated rings. The topological polar surface area (TPSA) is 96.4 Å². The van der Waals surface area contributed by atoms with Gasteiger partial charge in [-0.05, 0) is 42.2 Å². The molecule has 0 aliphatic rings. The van der Waals surface area contributed by atoms with Crippen molar-refractivity contribution in [3.8, 4) is 6.07 Å². The Morgan fingerprint density at radius 1 is 1.15 bits per heavy atom. The molecule has 0 aliphatic heterocycles. The van der Waals surface area contributed by atoms with Gasteiger partial charge < -0.3 is 15.4 Å². The number of carbonyl (C=O) groups is 2. The van der Waals surface area contributed by atoms with Crippen molar-refractivity contribution >= 4 is 34.7 Å². The maximum absolute atomic E-state index is 12.9. The first-order chi connectivity index (χ1) is 12.6. The molecule has 2 aromatic heterocycles. The van der Waals surface area contributed by atoms with E-state index in [1.54, 1.807) is 27.6 Å². The summed E-state index contributed by atoms with van der Waals surface area (Å²) in [6.45, 7) is 1.20. The van der Waals surface area contributed by atoms with E-state index in [1.165, 1.54) is 0 Å². The third kappa shape index (κ3) is 6.50. The first kappa shape index (κ1) is 19.9. The summed E-state index contributed by atoms with van der Waals surface area (Å²) >= 11 is 3.19. The van der Waals surface area contributed by atoms with Gasteiger partial charge in [0.05, 0.1) is 25.8 Å². The average molecular weight is 392 g/mol. The van der Waals surface area contributed by atoms with Gasteiger partial charge in [-0.25, -0.2) is 4.79 Å². The zero-order valence-electron chi connectivity index (χ0n) is 14.3. The highest BCUT2D eigenvalue weighted by Crippen LogP contribution is 2.21. The van der Waals surface area contributed by atoms with Crippen LogP contribution in [0.3, 0.4) is 0 Å². The van der Waals surface area contributed by atoms with Crippen LogP contribution in [-0.4, -0.2) is 23.5 Å². The normalized spacial score (nSPS) is 11.5. The number of nitriles is 1. The lowest BCUT2D eigenvalue weighted by atomic mass is 10.0. The summed E-state index contributed by atoms with van der Waals surface area (Å²) in [5, 5.41) is 13.4. The SMILES string of the molecule is N#CC(CCCCOC(N)=O)C(=O)N(Cc1cccs1)Cc1cccs1. The summed E-state index contributed by atoms with van der Waals surface area (Å²) in [5.74, 6) is -0.867. The highest BCUT2D eigenvalue weighted by Gasteiger charge is 2.24. The molecule has 2 rings (SSSR count). The van der Waals surface area contributed by atoms with Crippen molar-refractivity contribution in [3.05, 3.63) is 44.8 Å². The van der Waals surface area contributed by atoms with E-state index in [4.69, 9.17) is 5.73 Å². The molecule has 2 aromatic rings. The number of carbonyl (C=O) groups excluding carboxylic acids is 2. The first-order valence-electron chi connectivity index (χ1n) is 8.25. The van der Waals surface area contributed by atoms with Gasteiger partial charge in [-0.3, -0.25) is 4.79 Å². The van der Waals surface area contributed by atoms with Gasteiger partial charge in [0.1, 0.15) is 5.92 Å². The van der Waals surface area contributed by atoms with Crippen molar-refractivity contribution in [2.45, 2.75) is 32.4 Å². The molecule has 26 heavy (non-hydrogen) atoms. The third-order valence-corrected chi connectivity index (χ3v) is 5.47. The predicted octanol–water partition coefficient (Wildman–Crippen LogP) is 3.74. The minimum atomic E-state index is -0.809. The Labute approximate surface area is 160 Å². The fourth-order valence-electron chi connectivity index (χ4n) is 2.48. The Hall–Kier alpha value is -2.37. The predicted molar refractivity (Wildman–Crippen MR) is 101 cm³/mol. The monoisotopic (exact) mass is 391 g/mol. The third-order valence-electron chi connectivity index (χ3n) is 3.75. The molecule has 6 nitrogen and oxygen atoms in total. The maximum atomic E-state index is 12.9. The van der Waals surface area contributed by atoms with Crippen molar-refractivity contribution in [3.63, 3.8) is 0 Å². The number of nitrogens with two attached hydrogens (primary N) is 1. The fraction of sp³-hybridized carbons (Fsp3) is 0.389. The quantitative estimate of drug-likeness (QED) is 0.624. The maximum Gasteiger partial charge on any atom is 0.404 e. The number of nitrogens with zero attached hydrogens (tertiary/aromatic N) is 2. The van der Waals surface area contributed by atoms with Gasteiger partial charge in [0, 0.05) is 9.75 Å². The highest BCUT2D eigenvalue weighted by atomic mass is 32.1. The smallest absolute Gasteiger partial charge is 0.404 e. The molecule has 0 bridgehead atoms. The van der Waals surface area contributed by atoms with Crippen LogP contribution in [0.2, 0.25) is 0 Å². The van der Waals surface area contributed by atoms with Gasteiger partial charge in [-0.15, -0.1) is 22.7 Å². The molecule has 0 aromatic carbocycles. The van der Waals surface area contributed by atoms with Crippen LogP contribution in [0.5, 0.6) is 0 Å². The largest absolute Gasteiger partial charge is 0.450 e. The fourth-order valence-corrected chi connectivity index (χ4v) is 3.92. The summed E-state index contributed by atoms with van der Waals surface area (Å²) < 4.78 is 4.67. The van der Waals surface area contributed by atoms with Crippen LogP contribution in [0, 0.1) is 17.2 Å². The number of hydrogen-bond acceptors (Lipinski definition) is 6. The van der Waals surface area contributed by atoms with E-state index in [0.717, 1.165) is 9.75 Å². The Bertz CT molecular complexity index is 687. The second kappa shape index (κ2) is 10.6. The van der Waals surface area contributed by atoms with Crippen LogP contribution in [0.4, 0.5) is 4.79 Å². The molecule has 1 atom stereocenters. The van der Waals surface area contributed by atoms with Crippen molar-refractivity contribution in [2.24, 2.45) is 11.7 Å². The van der Waals surface area contributed by atoms with Crippen molar-refractivity contribution in [1.82, 2.24) is 4.90 Å². The summed E-state index contributed by atoms with van der Waals surface area (Å²) in [7, 11) is 0. The molecule has 138 valence electrons. The molecule has 0 saturated heterocycles. The van der Waals surface area contributed by atoms with Crippen LogP contribution < -0.4 is 5.73 Å². The molecule has 2 heterocycles. The van der Waals surface area contributed by atoms with Gasteiger partial charge in [0.25, 0.3) is 0 Å². The molecule has 0 spiro atoms. The number of thiophene rings is 2. The Kier molecular flexibility index (Phi) is 8.12. The molecule has 0 radical (unpaired) electrons. The average Bonchev–Trinajstić information content (AvgIpc) is 3.30. The highest BCUT2D eigenvalue weighted by molar-refractivity contribution is 7.10. The van der Waals surface area contributed by atoms with Crippen LogP contribution in [0.1, 0.15) is 29.0 Å². The molecule has 2 N–H and O–H groups in total. The first-order valence-corrected chi connectivity index (χ1v) is 10.0. The lowest BCUT2D eigenvalue weighted by Gasteiger charge is -2.24.